The monoisotopic (exact) mass is 257 g/mol. The van der Waals surface area contributed by atoms with Crippen molar-refractivity contribution < 1.29 is 14.5 Å². The Balaban J connectivity index is 3.17. The standard InChI is InChI=1S/C11H12ClNO4/c1-3-7-6-8(13(15)16)4-5-9(7)10(12)11(14)17-2/h4-6,10H,3H2,1-2H3. The molecule has 1 rings (SSSR count). The van der Waals surface area contributed by atoms with E-state index in [0.717, 1.165) is 0 Å². The van der Waals surface area contributed by atoms with E-state index < -0.39 is 16.3 Å². The maximum absolute atomic E-state index is 11.3. The molecule has 0 aliphatic carbocycles. The Morgan fingerprint density at radius 2 is 2.24 bits per heavy atom. The molecule has 1 aromatic carbocycles. The van der Waals surface area contributed by atoms with E-state index in [4.69, 9.17) is 11.6 Å². The van der Waals surface area contributed by atoms with Gasteiger partial charge in [0.25, 0.3) is 5.69 Å². The van der Waals surface area contributed by atoms with Crippen LogP contribution in [-0.2, 0) is 16.0 Å². The smallest absolute Gasteiger partial charge is 0.328 e. The molecule has 0 spiro atoms. The lowest BCUT2D eigenvalue weighted by Crippen LogP contribution is -2.10. The number of benzene rings is 1. The van der Waals surface area contributed by atoms with Crippen LogP contribution in [0.3, 0.4) is 0 Å². The quantitative estimate of drug-likeness (QED) is 0.360. The number of carbonyl (C=O) groups excluding carboxylic acids is 1. The summed E-state index contributed by atoms with van der Waals surface area (Å²) in [7, 11) is 1.24. The first kappa shape index (κ1) is 13.4. The number of hydrogen-bond acceptors (Lipinski definition) is 4. The number of ether oxygens (including phenoxy) is 1. The van der Waals surface area contributed by atoms with Crippen LogP contribution < -0.4 is 0 Å². The van der Waals surface area contributed by atoms with E-state index in [-0.39, 0.29) is 5.69 Å². The summed E-state index contributed by atoms with van der Waals surface area (Å²) in [6.45, 7) is 1.84. The van der Waals surface area contributed by atoms with Crippen molar-refractivity contribution in [2.24, 2.45) is 0 Å². The van der Waals surface area contributed by atoms with Crippen LogP contribution in [0, 0.1) is 10.1 Å². The molecule has 0 aromatic heterocycles. The average Bonchev–Trinajstić information content (AvgIpc) is 2.35. The molecule has 0 amide bonds. The molecule has 1 unspecified atom stereocenters. The fourth-order valence-corrected chi connectivity index (χ4v) is 1.79. The van der Waals surface area contributed by atoms with Crippen molar-refractivity contribution >= 4 is 23.3 Å². The van der Waals surface area contributed by atoms with Gasteiger partial charge < -0.3 is 4.74 Å². The largest absolute Gasteiger partial charge is 0.468 e. The van der Waals surface area contributed by atoms with Gasteiger partial charge in [-0.1, -0.05) is 6.92 Å². The fourth-order valence-electron chi connectivity index (χ4n) is 1.49. The summed E-state index contributed by atoms with van der Waals surface area (Å²) in [6.07, 6.45) is 0.553. The number of esters is 1. The SMILES string of the molecule is CCc1cc([N+](=O)[O-])ccc1C(Cl)C(=O)OC. The van der Waals surface area contributed by atoms with Gasteiger partial charge in [0.1, 0.15) is 0 Å². The van der Waals surface area contributed by atoms with Crippen LogP contribution in [0.1, 0.15) is 23.4 Å². The van der Waals surface area contributed by atoms with Gasteiger partial charge in [-0.05, 0) is 23.6 Å². The van der Waals surface area contributed by atoms with Crippen LogP contribution in [0.5, 0.6) is 0 Å². The van der Waals surface area contributed by atoms with Gasteiger partial charge in [0.2, 0.25) is 0 Å². The Kier molecular flexibility index (Phi) is 4.45. The van der Waals surface area contributed by atoms with Gasteiger partial charge >= 0.3 is 5.97 Å². The van der Waals surface area contributed by atoms with Crippen LogP contribution in [0.15, 0.2) is 18.2 Å². The van der Waals surface area contributed by atoms with E-state index in [1.165, 1.54) is 25.3 Å². The van der Waals surface area contributed by atoms with E-state index in [9.17, 15) is 14.9 Å². The zero-order valence-corrected chi connectivity index (χ0v) is 10.2. The minimum atomic E-state index is -0.934. The molecule has 0 aliphatic heterocycles. The molecule has 92 valence electrons. The third-order valence-corrected chi connectivity index (χ3v) is 2.81. The van der Waals surface area contributed by atoms with Gasteiger partial charge in [0.05, 0.1) is 12.0 Å². The molecule has 5 nitrogen and oxygen atoms in total. The van der Waals surface area contributed by atoms with E-state index in [1.54, 1.807) is 0 Å². The Bertz CT molecular complexity index is 447. The molecule has 0 saturated heterocycles. The predicted molar refractivity (Wildman–Crippen MR) is 63.1 cm³/mol. The second kappa shape index (κ2) is 5.63. The van der Waals surface area contributed by atoms with Crippen LogP contribution in [0.25, 0.3) is 0 Å². The first-order valence-corrected chi connectivity index (χ1v) is 5.44. The van der Waals surface area contributed by atoms with E-state index in [1.807, 2.05) is 6.92 Å². The lowest BCUT2D eigenvalue weighted by atomic mass is 10.0. The van der Waals surface area contributed by atoms with Crippen molar-refractivity contribution in [2.75, 3.05) is 7.11 Å². The molecule has 0 heterocycles. The summed E-state index contributed by atoms with van der Waals surface area (Å²) in [5.74, 6) is -0.574. The maximum Gasteiger partial charge on any atom is 0.328 e. The number of hydrogen-bond donors (Lipinski definition) is 0. The van der Waals surface area contributed by atoms with E-state index in [0.29, 0.717) is 17.5 Å². The number of rotatable bonds is 4. The van der Waals surface area contributed by atoms with E-state index >= 15 is 0 Å². The number of aryl methyl sites for hydroxylation is 1. The summed E-state index contributed by atoms with van der Waals surface area (Å²) in [6, 6.07) is 4.24. The molecular formula is C11H12ClNO4. The highest BCUT2D eigenvalue weighted by atomic mass is 35.5. The van der Waals surface area contributed by atoms with E-state index in [2.05, 4.69) is 4.74 Å². The number of carbonyl (C=O) groups is 1. The topological polar surface area (TPSA) is 69.4 Å². The number of nitro groups is 1. The molecule has 0 saturated carbocycles. The van der Waals surface area contributed by atoms with Gasteiger partial charge in [-0.15, -0.1) is 11.6 Å². The van der Waals surface area contributed by atoms with Crippen molar-refractivity contribution in [3.8, 4) is 0 Å². The van der Waals surface area contributed by atoms with Crippen LogP contribution in [0.4, 0.5) is 5.69 Å². The number of alkyl halides is 1. The van der Waals surface area contributed by atoms with Crippen LogP contribution in [-0.4, -0.2) is 18.0 Å². The number of methoxy groups -OCH3 is 1. The van der Waals surface area contributed by atoms with Crippen molar-refractivity contribution in [3.63, 3.8) is 0 Å². The Morgan fingerprint density at radius 1 is 1.59 bits per heavy atom. The Hall–Kier alpha value is -1.62. The van der Waals surface area contributed by atoms with Crippen LogP contribution >= 0.6 is 11.6 Å². The third kappa shape index (κ3) is 2.94. The van der Waals surface area contributed by atoms with Gasteiger partial charge in [0, 0.05) is 12.1 Å². The number of halogens is 1. The highest BCUT2D eigenvalue weighted by Gasteiger charge is 2.22. The predicted octanol–water partition coefficient (Wildman–Crippen LogP) is 2.61. The second-order valence-corrected chi connectivity index (χ2v) is 3.82. The maximum atomic E-state index is 11.3. The average molecular weight is 258 g/mol. The zero-order chi connectivity index (χ0) is 13.0. The van der Waals surface area contributed by atoms with Crippen molar-refractivity contribution in [1.29, 1.82) is 0 Å². The number of nitrogens with zero attached hydrogens (tertiary/aromatic N) is 1. The highest BCUT2D eigenvalue weighted by Crippen LogP contribution is 2.28. The summed E-state index contributed by atoms with van der Waals surface area (Å²) in [4.78, 5) is 21.5. The first-order chi connectivity index (χ1) is 8.01. The van der Waals surface area contributed by atoms with Crippen LogP contribution in [0.2, 0.25) is 0 Å². The number of nitro benzene ring substituents is 1. The molecule has 1 atom stereocenters. The molecular weight excluding hydrogens is 246 g/mol. The van der Waals surface area contributed by atoms with Gasteiger partial charge in [-0.2, -0.15) is 0 Å². The first-order valence-electron chi connectivity index (χ1n) is 5.00. The summed E-state index contributed by atoms with van der Waals surface area (Å²) in [5, 5.41) is 9.69. The zero-order valence-electron chi connectivity index (χ0n) is 9.47. The summed E-state index contributed by atoms with van der Waals surface area (Å²) >= 11 is 5.93. The highest BCUT2D eigenvalue weighted by molar-refractivity contribution is 6.30. The molecule has 0 radical (unpaired) electrons. The van der Waals surface area contributed by atoms with Crippen molar-refractivity contribution in [2.45, 2.75) is 18.7 Å². The van der Waals surface area contributed by atoms with Gasteiger partial charge in [-0.25, -0.2) is 0 Å². The Labute approximate surface area is 103 Å². The van der Waals surface area contributed by atoms with Gasteiger partial charge in [0.15, 0.2) is 5.38 Å². The molecule has 1 aromatic rings. The van der Waals surface area contributed by atoms with Crippen molar-refractivity contribution in [3.05, 3.63) is 39.4 Å². The minimum Gasteiger partial charge on any atom is -0.468 e. The lowest BCUT2D eigenvalue weighted by molar-refractivity contribution is -0.384. The molecule has 6 heteroatoms. The normalized spacial score (nSPS) is 11.9. The lowest BCUT2D eigenvalue weighted by Gasteiger charge is -2.11. The molecule has 0 aliphatic rings. The Morgan fingerprint density at radius 3 is 2.71 bits per heavy atom. The molecule has 0 bridgehead atoms. The minimum absolute atomic E-state index is 0.0145. The molecule has 0 N–H and O–H groups in total. The van der Waals surface area contributed by atoms with Crippen molar-refractivity contribution in [1.82, 2.24) is 0 Å². The third-order valence-electron chi connectivity index (χ3n) is 2.40. The summed E-state index contributed by atoms with van der Waals surface area (Å²) < 4.78 is 4.54. The molecule has 0 fully saturated rings. The molecule has 17 heavy (non-hydrogen) atoms. The second-order valence-electron chi connectivity index (χ2n) is 3.38. The number of non-ortho nitro benzene ring substituents is 1. The fraction of sp³-hybridized carbons (Fsp3) is 0.364. The summed E-state index contributed by atoms with van der Waals surface area (Å²) in [5.41, 5.74) is 1.20. The van der Waals surface area contributed by atoms with Gasteiger partial charge in [-0.3, -0.25) is 14.9 Å².